The average Bonchev–Trinajstić information content (AvgIpc) is 2.46. The molecule has 20 heavy (non-hydrogen) atoms. The molecule has 0 N–H and O–H groups in total. The van der Waals surface area contributed by atoms with E-state index < -0.39 is 0 Å². The van der Waals surface area contributed by atoms with Crippen LogP contribution < -0.4 is 0 Å². The fourth-order valence-corrected chi connectivity index (χ4v) is 2.75. The van der Waals surface area contributed by atoms with Gasteiger partial charge in [-0.25, -0.2) is 0 Å². The maximum atomic E-state index is 12.5. The van der Waals surface area contributed by atoms with E-state index in [1.807, 2.05) is 36.1 Å². The summed E-state index contributed by atoms with van der Waals surface area (Å²) in [7, 11) is 0. The Morgan fingerprint density at radius 2 is 1.70 bits per heavy atom. The molecule has 0 aliphatic rings. The van der Waals surface area contributed by atoms with Crippen molar-refractivity contribution in [3.8, 4) is 0 Å². The number of hydrogen-bond donors (Lipinski definition) is 0. The molecule has 0 fully saturated rings. The Morgan fingerprint density at radius 3 is 2.35 bits per heavy atom. The Kier molecular flexibility index (Phi) is 8.59. The Hall–Kier alpha value is -0.830. The predicted molar refractivity (Wildman–Crippen MR) is 89.1 cm³/mol. The molecule has 0 unspecified atom stereocenters. The second-order valence-corrected chi connectivity index (χ2v) is 5.99. The van der Waals surface area contributed by atoms with Gasteiger partial charge in [0.1, 0.15) is 0 Å². The molecule has 0 aliphatic heterocycles. The molecule has 3 heteroatoms. The van der Waals surface area contributed by atoms with Gasteiger partial charge in [0.25, 0.3) is 5.91 Å². The van der Waals surface area contributed by atoms with Crippen molar-refractivity contribution in [3.63, 3.8) is 0 Å². The predicted octanol–water partition coefficient (Wildman–Crippen LogP) is 5.27. The zero-order valence-electron chi connectivity index (χ0n) is 12.7. The van der Waals surface area contributed by atoms with E-state index in [-0.39, 0.29) is 5.91 Å². The fraction of sp³-hybridized carbons (Fsp3) is 0.588. The highest BCUT2D eigenvalue weighted by atomic mass is 79.9. The van der Waals surface area contributed by atoms with Gasteiger partial charge in [0, 0.05) is 17.6 Å². The fourth-order valence-electron chi connectivity index (χ4n) is 2.29. The maximum Gasteiger partial charge on any atom is 0.254 e. The van der Waals surface area contributed by atoms with Crippen LogP contribution in [0.3, 0.4) is 0 Å². The Balaban J connectivity index is 2.42. The lowest BCUT2D eigenvalue weighted by molar-refractivity contribution is 0.0760. The summed E-state index contributed by atoms with van der Waals surface area (Å²) in [6.45, 7) is 5.92. The third-order valence-corrected chi connectivity index (χ3v) is 4.25. The summed E-state index contributed by atoms with van der Waals surface area (Å²) in [5.74, 6) is 0.133. The van der Waals surface area contributed by atoms with E-state index in [1.54, 1.807) is 0 Å². The minimum Gasteiger partial charge on any atom is -0.339 e. The lowest BCUT2D eigenvalue weighted by Crippen LogP contribution is -2.32. The highest BCUT2D eigenvalue weighted by Gasteiger charge is 2.15. The summed E-state index contributed by atoms with van der Waals surface area (Å²) in [5.41, 5.74) is 0.764. The molecule has 2 nitrogen and oxygen atoms in total. The van der Waals surface area contributed by atoms with Crippen LogP contribution in [-0.2, 0) is 0 Å². The highest BCUT2D eigenvalue weighted by molar-refractivity contribution is 9.10. The van der Waals surface area contributed by atoms with E-state index in [1.165, 1.54) is 32.1 Å². The number of rotatable bonds is 9. The average molecular weight is 340 g/mol. The molecule has 0 aliphatic carbocycles. The van der Waals surface area contributed by atoms with Crippen LogP contribution in [0.25, 0.3) is 0 Å². The van der Waals surface area contributed by atoms with Gasteiger partial charge in [-0.05, 0) is 41.4 Å². The van der Waals surface area contributed by atoms with Crippen molar-refractivity contribution in [2.75, 3.05) is 13.1 Å². The van der Waals surface area contributed by atoms with Gasteiger partial charge >= 0.3 is 0 Å². The van der Waals surface area contributed by atoms with Crippen LogP contribution in [-0.4, -0.2) is 23.9 Å². The van der Waals surface area contributed by atoms with Crippen molar-refractivity contribution in [1.29, 1.82) is 0 Å². The van der Waals surface area contributed by atoms with Crippen LogP contribution in [0.15, 0.2) is 28.7 Å². The standard InChI is InChI=1S/C17H26BrNO/c1-3-5-6-7-8-11-14-19(4-2)17(20)15-12-9-10-13-16(15)18/h9-10,12-13H,3-8,11,14H2,1-2H3. The third kappa shape index (κ3) is 5.66. The van der Waals surface area contributed by atoms with Gasteiger partial charge in [-0.15, -0.1) is 0 Å². The lowest BCUT2D eigenvalue weighted by Gasteiger charge is -2.21. The van der Waals surface area contributed by atoms with Crippen molar-refractivity contribution in [3.05, 3.63) is 34.3 Å². The van der Waals surface area contributed by atoms with E-state index >= 15 is 0 Å². The van der Waals surface area contributed by atoms with Gasteiger partial charge < -0.3 is 4.90 Å². The number of carbonyl (C=O) groups is 1. The summed E-state index contributed by atoms with van der Waals surface area (Å²) in [6, 6.07) is 7.66. The second-order valence-electron chi connectivity index (χ2n) is 5.13. The molecule has 1 amide bonds. The molecule has 112 valence electrons. The van der Waals surface area contributed by atoms with Crippen molar-refractivity contribution in [1.82, 2.24) is 4.90 Å². The quantitative estimate of drug-likeness (QED) is 0.561. The number of carbonyl (C=O) groups excluding carboxylic acids is 1. The van der Waals surface area contributed by atoms with Crippen LogP contribution in [0, 0.1) is 0 Å². The van der Waals surface area contributed by atoms with Crippen LogP contribution >= 0.6 is 15.9 Å². The molecule has 0 atom stereocenters. The van der Waals surface area contributed by atoms with E-state index in [2.05, 4.69) is 22.9 Å². The minimum atomic E-state index is 0.133. The van der Waals surface area contributed by atoms with Gasteiger partial charge in [0.2, 0.25) is 0 Å². The molecule has 0 radical (unpaired) electrons. The number of nitrogens with zero attached hydrogens (tertiary/aromatic N) is 1. The number of amides is 1. The third-order valence-electron chi connectivity index (χ3n) is 3.55. The van der Waals surface area contributed by atoms with E-state index in [9.17, 15) is 4.79 Å². The van der Waals surface area contributed by atoms with Crippen LogP contribution in [0.2, 0.25) is 0 Å². The second kappa shape index (κ2) is 9.98. The number of halogens is 1. The van der Waals surface area contributed by atoms with Gasteiger partial charge in [0.15, 0.2) is 0 Å². The maximum absolute atomic E-state index is 12.5. The first-order valence-electron chi connectivity index (χ1n) is 7.74. The van der Waals surface area contributed by atoms with Crippen LogP contribution in [0.1, 0.15) is 62.7 Å². The Morgan fingerprint density at radius 1 is 1.05 bits per heavy atom. The highest BCUT2D eigenvalue weighted by Crippen LogP contribution is 2.18. The molecular formula is C17H26BrNO. The zero-order chi connectivity index (χ0) is 14.8. The summed E-state index contributed by atoms with van der Waals surface area (Å²) in [6.07, 6.45) is 7.54. The van der Waals surface area contributed by atoms with Gasteiger partial charge in [0.05, 0.1) is 5.56 Å². The molecule has 1 aromatic carbocycles. The molecule has 0 saturated heterocycles. The summed E-state index contributed by atoms with van der Waals surface area (Å²) < 4.78 is 0.881. The largest absolute Gasteiger partial charge is 0.339 e. The molecule has 0 spiro atoms. The normalized spacial score (nSPS) is 10.6. The number of hydrogen-bond acceptors (Lipinski definition) is 1. The SMILES string of the molecule is CCCCCCCCN(CC)C(=O)c1ccccc1Br. The zero-order valence-corrected chi connectivity index (χ0v) is 14.3. The van der Waals surface area contributed by atoms with E-state index in [4.69, 9.17) is 0 Å². The summed E-state index contributed by atoms with van der Waals surface area (Å²) >= 11 is 3.46. The van der Waals surface area contributed by atoms with Crippen molar-refractivity contribution >= 4 is 21.8 Å². The summed E-state index contributed by atoms with van der Waals surface area (Å²) in [5, 5.41) is 0. The molecule has 0 aromatic heterocycles. The van der Waals surface area contributed by atoms with Gasteiger partial charge in [-0.3, -0.25) is 4.79 Å². The van der Waals surface area contributed by atoms with E-state index in [0.29, 0.717) is 0 Å². The first-order chi connectivity index (χ1) is 9.70. The first-order valence-corrected chi connectivity index (χ1v) is 8.53. The lowest BCUT2D eigenvalue weighted by atomic mass is 10.1. The molecule has 1 aromatic rings. The van der Waals surface area contributed by atoms with Crippen LogP contribution in [0.5, 0.6) is 0 Å². The van der Waals surface area contributed by atoms with Gasteiger partial charge in [-0.2, -0.15) is 0 Å². The van der Waals surface area contributed by atoms with Crippen molar-refractivity contribution < 1.29 is 4.79 Å². The molecule has 0 saturated carbocycles. The molecule has 0 heterocycles. The first kappa shape index (κ1) is 17.2. The smallest absolute Gasteiger partial charge is 0.254 e. The van der Waals surface area contributed by atoms with E-state index in [0.717, 1.165) is 29.5 Å². The van der Waals surface area contributed by atoms with Gasteiger partial charge in [-0.1, -0.05) is 51.2 Å². The monoisotopic (exact) mass is 339 g/mol. The molecule has 1 rings (SSSR count). The molecular weight excluding hydrogens is 314 g/mol. The topological polar surface area (TPSA) is 20.3 Å². The summed E-state index contributed by atoms with van der Waals surface area (Å²) in [4.78, 5) is 14.4. The Bertz CT molecular complexity index is 406. The van der Waals surface area contributed by atoms with Crippen molar-refractivity contribution in [2.24, 2.45) is 0 Å². The Labute approximate surface area is 131 Å². The minimum absolute atomic E-state index is 0.133. The number of benzene rings is 1. The van der Waals surface area contributed by atoms with Crippen molar-refractivity contribution in [2.45, 2.75) is 52.4 Å². The molecule has 0 bridgehead atoms. The number of unbranched alkanes of at least 4 members (excludes halogenated alkanes) is 5. The van der Waals surface area contributed by atoms with Crippen LogP contribution in [0.4, 0.5) is 0 Å².